The van der Waals surface area contributed by atoms with Crippen LogP contribution in [0.25, 0.3) is 0 Å². The molecule has 18 heavy (non-hydrogen) atoms. The largest absolute Gasteiger partial charge is 0.417 e. The van der Waals surface area contributed by atoms with Crippen molar-refractivity contribution in [1.29, 1.82) is 10.5 Å². The standard InChI is InChI=1S/C13H11F3N2/c1-12(2,3)9-4-8(6-17)10(7-18)11(5-9)13(14,15)16/h4-5H,1-3H3. The van der Waals surface area contributed by atoms with Crippen molar-refractivity contribution >= 4 is 0 Å². The van der Waals surface area contributed by atoms with Gasteiger partial charge in [-0.15, -0.1) is 0 Å². The molecular weight excluding hydrogens is 241 g/mol. The summed E-state index contributed by atoms with van der Waals surface area (Å²) in [5.74, 6) is 0. The van der Waals surface area contributed by atoms with Gasteiger partial charge in [-0.2, -0.15) is 23.7 Å². The lowest BCUT2D eigenvalue weighted by Crippen LogP contribution is -2.16. The first-order valence-corrected chi connectivity index (χ1v) is 5.17. The molecule has 0 spiro atoms. The molecule has 2 nitrogen and oxygen atoms in total. The summed E-state index contributed by atoms with van der Waals surface area (Å²) in [5.41, 5.74) is -2.05. The van der Waals surface area contributed by atoms with Gasteiger partial charge in [-0.25, -0.2) is 0 Å². The number of halogens is 3. The molecule has 1 rings (SSSR count). The lowest BCUT2D eigenvalue weighted by atomic mass is 9.83. The topological polar surface area (TPSA) is 47.6 Å². The molecule has 0 amide bonds. The minimum atomic E-state index is -4.64. The average molecular weight is 252 g/mol. The highest BCUT2D eigenvalue weighted by Gasteiger charge is 2.36. The Bertz CT molecular complexity index is 552. The normalized spacial score (nSPS) is 11.8. The summed E-state index contributed by atoms with van der Waals surface area (Å²) >= 11 is 0. The molecule has 0 saturated heterocycles. The van der Waals surface area contributed by atoms with Gasteiger partial charge in [0.2, 0.25) is 0 Å². The zero-order chi connectivity index (χ0) is 14.1. The molecular formula is C13H11F3N2. The van der Waals surface area contributed by atoms with Crippen LogP contribution in [-0.4, -0.2) is 0 Å². The Hall–Kier alpha value is -2.01. The molecule has 94 valence electrons. The van der Waals surface area contributed by atoms with Gasteiger partial charge in [0.15, 0.2) is 0 Å². The van der Waals surface area contributed by atoms with Gasteiger partial charge in [0, 0.05) is 0 Å². The van der Waals surface area contributed by atoms with E-state index in [2.05, 4.69) is 0 Å². The highest BCUT2D eigenvalue weighted by Crippen LogP contribution is 2.36. The molecule has 0 aromatic heterocycles. The van der Waals surface area contributed by atoms with E-state index < -0.39 is 22.7 Å². The maximum atomic E-state index is 12.9. The molecule has 0 unspecified atom stereocenters. The summed E-state index contributed by atoms with van der Waals surface area (Å²) < 4.78 is 38.6. The van der Waals surface area contributed by atoms with Crippen molar-refractivity contribution in [2.45, 2.75) is 32.4 Å². The van der Waals surface area contributed by atoms with Crippen molar-refractivity contribution in [1.82, 2.24) is 0 Å². The molecule has 0 saturated carbocycles. The van der Waals surface area contributed by atoms with Crippen molar-refractivity contribution < 1.29 is 13.2 Å². The molecule has 1 aromatic rings. The fraction of sp³-hybridized carbons (Fsp3) is 0.385. The van der Waals surface area contributed by atoms with Crippen LogP contribution in [0.3, 0.4) is 0 Å². The Morgan fingerprint density at radius 2 is 1.56 bits per heavy atom. The highest BCUT2D eigenvalue weighted by molar-refractivity contribution is 5.54. The van der Waals surface area contributed by atoms with E-state index in [-0.39, 0.29) is 5.56 Å². The Labute approximate surface area is 103 Å². The van der Waals surface area contributed by atoms with Crippen LogP contribution >= 0.6 is 0 Å². The summed E-state index contributed by atoms with van der Waals surface area (Å²) in [6.45, 7) is 5.24. The van der Waals surface area contributed by atoms with Crippen LogP contribution in [0.1, 0.15) is 43.0 Å². The van der Waals surface area contributed by atoms with Crippen molar-refractivity contribution in [2.75, 3.05) is 0 Å². The molecule has 0 radical (unpaired) electrons. The third kappa shape index (κ3) is 2.62. The van der Waals surface area contributed by atoms with Gasteiger partial charge in [-0.05, 0) is 23.1 Å². The van der Waals surface area contributed by atoms with Gasteiger partial charge < -0.3 is 0 Å². The van der Waals surface area contributed by atoms with Gasteiger partial charge in [0.1, 0.15) is 12.1 Å². The first-order chi connectivity index (χ1) is 8.11. The van der Waals surface area contributed by atoms with Crippen LogP contribution in [0.2, 0.25) is 0 Å². The summed E-state index contributed by atoms with van der Waals surface area (Å²) in [4.78, 5) is 0. The fourth-order valence-electron chi connectivity index (χ4n) is 1.51. The van der Waals surface area contributed by atoms with Crippen molar-refractivity contribution in [3.8, 4) is 12.1 Å². The highest BCUT2D eigenvalue weighted by atomic mass is 19.4. The summed E-state index contributed by atoms with van der Waals surface area (Å²) in [7, 11) is 0. The number of benzene rings is 1. The van der Waals surface area contributed by atoms with Gasteiger partial charge in [0.25, 0.3) is 0 Å². The third-order valence-electron chi connectivity index (χ3n) is 2.54. The molecule has 1 aromatic carbocycles. The van der Waals surface area contributed by atoms with Crippen LogP contribution < -0.4 is 0 Å². The Balaban J connectivity index is 3.71. The average Bonchev–Trinajstić information content (AvgIpc) is 2.24. The Morgan fingerprint density at radius 1 is 1.00 bits per heavy atom. The van der Waals surface area contributed by atoms with Crippen LogP contribution in [0.4, 0.5) is 13.2 Å². The fourth-order valence-corrected chi connectivity index (χ4v) is 1.51. The lowest BCUT2D eigenvalue weighted by molar-refractivity contribution is -0.137. The summed E-state index contributed by atoms with van der Waals surface area (Å²) in [6.07, 6.45) is -4.64. The van der Waals surface area contributed by atoms with Crippen molar-refractivity contribution in [3.63, 3.8) is 0 Å². The first-order valence-electron chi connectivity index (χ1n) is 5.17. The minimum Gasteiger partial charge on any atom is -0.192 e. The molecule has 0 aliphatic carbocycles. The van der Waals surface area contributed by atoms with E-state index in [1.807, 2.05) is 0 Å². The van der Waals surface area contributed by atoms with E-state index in [0.717, 1.165) is 6.07 Å². The molecule has 0 aliphatic heterocycles. The SMILES string of the molecule is CC(C)(C)c1cc(C#N)c(C#N)c(C(F)(F)F)c1. The number of hydrogen-bond acceptors (Lipinski definition) is 2. The van der Waals surface area contributed by atoms with Gasteiger partial charge in [0.05, 0.1) is 16.7 Å². The molecule has 0 aliphatic rings. The maximum absolute atomic E-state index is 12.9. The smallest absolute Gasteiger partial charge is 0.192 e. The number of nitrogens with zero attached hydrogens (tertiary/aromatic N) is 2. The van der Waals surface area contributed by atoms with Crippen molar-refractivity contribution in [2.24, 2.45) is 0 Å². The minimum absolute atomic E-state index is 0.239. The predicted molar refractivity (Wildman–Crippen MR) is 59.6 cm³/mol. The Kier molecular flexibility index (Phi) is 3.39. The second kappa shape index (κ2) is 4.34. The first kappa shape index (κ1) is 14.1. The quantitative estimate of drug-likeness (QED) is 0.706. The van der Waals surface area contributed by atoms with Gasteiger partial charge >= 0.3 is 6.18 Å². The van der Waals surface area contributed by atoms with Crippen LogP contribution in [0.5, 0.6) is 0 Å². The number of nitriles is 2. The second-order valence-electron chi connectivity index (χ2n) is 4.92. The van der Waals surface area contributed by atoms with Gasteiger partial charge in [-0.3, -0.25) is 0 Å². The Morgan fingerprint density at radius 3 is 1.89 bits per heavy atom. The molecule has 0 bridgehead atoms. The van der Waals surface area contributed by atoms with Crippen LogP contribution in [0, 0.1) is 22.7 Å². The van der Waals surface area contributed by atoms with E-state index in [0.29, 0.717) is 5.56 Å². The van der Waals surface area contributed by atoms with E-state index in [4.69, 9.17) is 10.5 Å². The number of alkyl halides is 3. The zero-order valence-corrected chi connectivity index (χ0v) is 10.2. The van der Waals surface area contributed by atoms with E-state index in [9.17, 15) is 13.2 Å². The summed E-state index contributed by atoms with van der Waals surface area (Å²) in [5, 5.41) is 17.6. The van der Waals surface area contributed by atoms with Crippen molar-refractivity contribution in [3.05, 3.63) is 34.4 Å². The molecule has 0 atom stereocenters. The predicted octanol–water partition coefficient (Wildman–Crippen LogP) is 3.75. The number of hydrogen-bond donors (Lipinski definition) is 0. The summed E-state index contributed by atoms with van der Waals surface area (Å²) in [6, 6.07) is 5.39. The molecule has 0 fully saturated rings. The monoisotopic (exact) mass is 252 g/mol. The van der Waals surface area contributed by atoms with Crippen LogP contribution in [0.15, 0.2) is 12.1 Å². The maximum Gasteiger partial charge on any atom is 0.417 e. The molecule has 0 N–H and O–H groups in total. The second-order valence-corrected chi connectivity index (χ2v) is 4.92. The molecule has 0 heterocycles. The van der Waals surface area contributed by atoms with E-state index >= 15 is 0 Å². The van der Waals surface area contributed by atoms with Gasteiger partial charge in [-0.1, -0.05) is 20.8 Å². The van der Waals surface area contributed by atoms with Crippen LogP contribution in [-0.2, 0) is 11.6 Å². The zero-order valence-electron chi connectivity index (χ0n) is 10.2. The molecule has 5 heteroatoms. The van der Waals surface area contributed by atoms with E-state index in [1.54, 1.807) is 26.8 Å². The number of rotatable bonds is 0. The lowest BCUT2D eigenvalue weighted by Gasteiger charge is -2.21. The van der Waals surface area contributed by atoms with E-state index in [1.165, 1.54) is 12.1 Å². The third-order valence-corrected chi connectivity index (χ3v) is 2.54.